The van der Waals surface area contributed by atoms with Crippen LogP contribution in [0.25, 0.3) is 0 Å². The zero-order chi connectivity index (χ0) is 24.1. The van der Waals surface area contributed by atoms with Gasteiger partial charge in [0.15, 0.2) is 0 Å². The minimum absolute atomic E-state index is 0.0175. The van der Waals surface area contributed by atoms with E-state index in [2.05, 4.69) is 13.8 Å². The lowest BCUT2D eigenvalue weighted by atomic mass is 9.48. The zero-order valence-electron chi connectivity index (χ0n) is 20.9. The van der Waals surface area contributed by atoms with E-state index in [1.54, 1.807) is 0 Å². The predicted octanol–water partition coefficient (Wildman–Crippen LogP) is 5.61. The lowest BCUT2D eigenvalue weighted by molar-refractivity contribution is -0.151. The van der Waals surface area contributed by atoms with Crippen molar-refractivity contribution in [1.29, 1.82) is 0 Å². The molecule has 3 saturated carbocycles. The first-order chi connectivity index (χ1) is 15.5. The summed E-state index contributed by atoms with van der Waals surface area (Å²) >= 11 is 0. The fraction of sp³-hybridized carbons (Fsp3) is 0.741. The highest BCUT2D eigenvalue weighted by molar-refractivity contribution is 5.68. The van der Waals surface area contributed by atoms with Gasteiger partial charge in [-0.1, -0.05) is 13.8 Å². The first-order valence-corrected chi connectivity index (χ1v) is 12.4. The largest absolute Gasteiger partial charge is 0.463 e. The van der Waals surface area contributed by atoms with Gasteiger partial charge in [0.25, 0.3) is 0 Å². The molecule has 0 saturated heterocycles. The summed E-state index contributed by atoms with van der Waals surface area (Å²) < 4.78 is 17.1. The van der Waals surface area contributed by atoms with Crippen LogP contribution in [0, 0.1) is 28.6 Å². The zero-order valence-corrected chi connectivity index (χ0v) is 20.9. The number of hydrogen-bond donors (Lipinski definition) is 0. The number of carbonyl (C=O) groups is 3. The highest BCUT2D eigenvalue weighted by atomic mass is 16.5. The summed E-state index contributed by atoms with van der Waals surface area (Å²) in [4.78, 5) is 35.4. The summed E-state index contributed by atoms with van der Waals surface area (Å²) in [5.41, 5.74) is 2.29. The summed E-state index contributed by atoms with van der Waals surface area (Å²) in [5.74, 6) is 1.97. The molecule has 0 aliphatic heterocycles. The Morgan fingerprint density at radius 1 is 0.879 bits per heavy atom. The third-order valence-corrected chi connectivity index (χ3v) is 9.09. The van der Waals surface area contributed by atoms with Crippen molar-refractivity contribution in [3.63, 3.8) is 0 Å². The first-order valence-electron chi connectivity index (χ1n) is 12.4. The van der Waals surface area contributed by atoms with E-state index in [4.69, 9.17) is 14.2 Å². The van der Waals surface area contributed by atoms with Gasteiger partial charge >= 0.3 is 17.9 Å². The lowest BCUT2D eigenvalue weighted by Crippen LogP contribution is -2.49. The van der Waals surface area contributed by atoms with E-state index in [-0.39, 0.29) is 34.8 Å². The highest BCUT2D eigenvalue weighted by Gasteiger charge is 2.59. The Labute approximate surface area is 197 Å². The fourth-order valence-corrected chi connectivity index (χ4v) is 7.93. The normalized spacial score (nSPS) is 39.1. The third-order valence-electron chi connectivity index (χ3n) is 9.09. The molecular formula is C27H38O6. The maximum atomic E-state index is 12.2. The molecule has 6 atom stereocenters. The van der Waals surface area contributed by atoms with Gasteiger partial charge in [0.2, 0.25) is 0 Å². The van der Waals surface area contributed by atoms with E-state index in [0.29, 0.717) is 29.9 Å². The van der Waals surface area contributed by atoms with E-state index in [1.165, 1.54) is 31.9 Å². The molecule has 33 heavy (non-hydrogen) atoms. The van der Waals surface area contributed by atoms with Crippen molar-refractivity contribution in [3.05, 3.63) is 22.7 Å². The SMILES string of the molecule is CC(=O)OC1=C2[C@H](CC[C@@H]3C[C@H](OC(C)=O)CC[C@]23C)[C@@H]2CC/C(=C(/C)OC(C)=O)[C@]2(C)C1. The molecule has 0 aromatic rings. The number of carbonyl (C=O) groups excluding carboxylic acids is 3. The molecule has 182 valence electrons. The Balaban J connectivity index is 1.75. The van der Waals surface area contributed by atoms with E-state index in [1.807, 2.05) is 6.92 Å². The van der Waals surface area contributed by atoms with Crippen molar-refractivity contribution in [2.75, 3.05) is 0 Å². The van der Waals surface area contributed by atoms with Crippen molar-refractivity contribution in [1.82, 2.24) is 0 Å². The summed E-state index contributed by atoms with van der Waals surface area (Å²) in [6, 6.07) is 0. The number of hydrogen-bond acceptors (Lipinski definition) is 6. The topological polar surface area (TPSA) is 78.9 Å². The average Bonchev–Trinajstić information content (AvgIpc) is 3.03. The molecule has 6 heteroatoms. The number of allylic oxidation sites excluding steroid dienone is 4. The molecule has 0 amide bonds. The second kappa shape index (κ2) is 8.59. The van der Waals surface area contributed by atoms with Gasteiger partial charge in [0.1, 0.15) is 17.6 Å². The first kappa shape index (κ1) is 24.0. The van der Waals surface area contributed by atoms with Crippen LogP contribution in [0.3, 0.4) is 0 Å². The molecular weight excluding hydrogens is 420 g/mol. The predicted molar refractivity (Wildman–Crippen MR) is 122 cm³/mol. The molecule has 0 heterocycles. The van der Waals surface area contributed by atoms with Crippen molar-refractivity contribution >= 4 is 17.9 Å². The maximum Gasteiger partial charge on any atom is 0.307 e. The van der Waals surface area contributed by atoms with Gasteiger partial charge in [-0.3, -0.25) is 14.4 Å². The lowest BCUT2D eigenvalue weighted by Gasteiger charge is -2.57. The number of ether oxygens (including phenoxy) is 3. The number of fused-ring (bicyclic) bond motifs is 5. The quantitative estimate of drug-likeness (QED) is 0.311. The van der Waals surface area contributed by atoms with Gasteiger partial charge in [-0.15, -0.1) is 0 Å². The Kier molecular flexibility index (Phi) is 6.25. The van der Waals surface area contributed by atoms with Crippen LogP contribution < -0.4 is 0 Å². The Bertz CT molecular complexity index is 929. The fourth-order valence-electron chi connectivity index (χ4n) is 7.93. The monoisotopic (exact) mass is 458 g/mol. The maximum absolute atomic E-state index is 12.2. The molecule has 0 unspecified atom stereocenters. The molecule has 4 aliphatic rings. The van der Waals surface area contributed by atoms with Crippen LogP contribution in [0.5, 0.6) is 0 Å². The molecule has 6 nitrogen and oxygen atoms in total. The molecule has 0 radical (unpaired) electrons. The summed E-state index contributed by atoms with van der Waals surface area (Å²) in [6.45, 7) is 10.9. The van der Waals surface area contributed by atoms with Crippen molar-refractivity contribution in [3.8, 4) is 0 Å². The van der Waals surface area contributed by atoms with Gasteiger partial charge < -0.3 is 14.2 Å². The van der Waals surface area contributed by atoms with Crippen LogP contribution in [0.1, 0.15) is 92.9 Å². The van der Waals surface area contributed by atoms with Gasteiger partial charge in [-0.2, -0.15) is 0 Å². The molecule has 0 aromatic carbocycles. The van der Waals surface area contributed by atoms with E-state index < -0.39 is 0 Å². The van der Waals surface area contributed by atoms with Gasteiger partial charge in [-0.05, 0) is 86.2 Å². The van der Waals surface area contributed by atoms with Crippen LogP contribution in [0.15, 0.2) is 22.7 Å². The third kappa shape index (κ3) is 4.15. The molecule has 4 aliphatic carbocycles. The highest BCUT2D eigenvalue weighted by Crippen LogP contribution is 2.67. The summed E-state index contributed by atoms with van der Waals surface area (Å²) in [6.07, 6.45) is 7.40. The minimum atomic E-state index is -0.295. The molecule has 0 aromatic heterocycles. The molecule has 3 fully saturated rings. The summed E-state index contributed by atoms with van der Waals surface area (Å²) in [5, 5.41) is 0. The second-order valence-electron chi connectivity index (χ2n) is 11.1. The smallest absolute Gasteiger partial charge is 0.307 e. The van der Waals surface area contributed by atoms with Crippen LogP contribution in [0.2, 0.25) is 0 Å². The standard InChI is InChI=1S/C27H38O6/c1-15(31-16(2)28)22-9-10-23-21-8-7-19-13-20(32-17(3)29)11-12-26(19,5)25(21)24(33-18(4)30)14-27(22,23)6/h19-21,23H,7-14H2,1-6H3/b22-15+/t19-,20-,21-,23+,26+,27+/m1/s1. The number of rotatable bonds is 3. The van der Waals surface area contributed by atoms with E-state index in [0.717, 1.165) is 50.7 Å². The molecule has 0 N–H and O–H groups in total. The Hall–Kier alpha value is -2.11. The minimum Gasteiger partial charge on any atom is -0.463 e. The van der Waals surface area contributed by atoms with Gasteiger partial charge in [0.05, 0.1) is 0 Å². The Morgan fingerprint density at radius 2 is 1.61 bits per heavy atom. The van der Waals surface area contributed by atoms with E-state index in [9.17, 15) is 14.4 Å². The van der Waals surface area contributed by atoms with Crippen molar-refractivity contribution in [2.45, 2.75) is 99.0 Å². The van der Waals surface area contributed by atoms with Crippen LogP contribution in [-0.2, 0) is 28.6 Å². The second-order valence-corrected chi connectivity index (χ2v) is 11.1. The van der Waals surface area contributed by atoms with E-state index >= 15 is 0 Å². The molecule has 0 spiro atoms. The van der Waals surface area contributed by atoms with Gasteiger partial charge in [-0.25, -0.2) is 0 Å². The van der Waals surface area contributed by atoms with Crippen molar-refractivity contribution in [2.24, 2.45) is 28.6 Å². The molecule has 0 bridgehead atoms. The summed E-state index contributed by atoms with van der Waals surface area (Å²) in [7, 11) is 0. The number of esters is 3. The van der Waals surface area contributed by atoms with Crippen LogP contribution in [-0.4, -0.2) is 24.0 Å². The average molecular weight is 459 g/mol. The Morgan fingerprint density at radius 3 is 2.24 bits per heavy atom. The van der Waals surface area contributed by atoms with Crippen LogP contribution >= 0.6 is 0 Å². The van der Waals surface area contributed by atoms with Crippen LogP contribution in [0.4, 0.5) is 0 Å². The molecule has 4 rings (SSSR count). The van der Waals surface area contributed by atoms with Crippen molar-refractivity contribution < 1.29 is 28.6 Å². The van der Waals surface area contributed by atoms with Gasteiger partial charge in [0, 0.05) is 32.6 Å².